The Bertz CT molecular complexity index is 863. The molecule has 2 aromatic rings. The summed E-state index contributed by atoms with van der Waals surface area (Å²) in [5, 5.41) is 4.66. The first-order valence-electron chi connectivity index (χ1n) is 10.0. The number of aryl methyl sites for hydroxylation is 1. The van der Waals surface area contributed by atoms with E-state index in [1.807, 2.05) is 42.2 Å². The first-order valence-corrected chi connectivity index (χ1v) is 10.0. The molecule has 0 bridgehead atoms. The first kappa shape index (κ1) is 18.0. The van der Waals surface area contributed by atoms with Crippen molar-refractivity contribution >= 4 is 5.91 Å². The van der Waals surface area contributed by atoms with Crippen molar-refractivity contribution in [1.29, 1.82) is 0 Å². The zero-order valence-electron chi connectivity index (χ0n) is 15.9. The van der Waals surface area contributed by atoms with Crippen LogP contribution in [-0.4, -0.2) is 33.7 Å². The zero-order chi connectivity index (χ0) is 18.8. The molecule has 0 unspecified atom stereocenters. The van der Waals surface area contributed by atoms with Gasteiger partial charge in [-0.05, 0) is 44.1 Å². The van der Waals surface area contributed by atoms with Crippen LogP contribution in [0.2, 0.25) is 0 Å². The van der Waals surface area contributed by atoms with Gasteiger partial charge in [-0.3, -0.25) is 9.59 Å². The van der Waals surface area contributed by atoms with Gasteiger partial charge in [0, 0.05) is 37.2 Å². The van der Waals surface area contributed by atoms with Crippen LogP contribution in [0, 0.1) is 18.8 Å². The Balaban J connectivity index is 1.44. The van der Waals surface area contributed by atoms with Gasteiger partial charge in [0.2, 0.25) is 5.91 Å². The van der Waals surface area contributed by atoms with Crippen molar-refractivity contribution < 1.29 is 4.79 Å². The molecule has 1 saturated heterocycles. The standard InChI is InChI=1S/C22H27N3O2/c1-16-14-20(26)25(23-21(16)18-6-3-2-4-7-18)15-17-10-12-24(13-11-17)22(27)19-8-5-9-19/h2-4,6-7,14,17,19H,5,8-13,15H2,1H3. The van der Waals surface area contributed by atoms with E-state index in [1.54, 1.807) is 10.7 Å². The van der Waals surface area contributed by atoms with Crippen molar-refractivity contribution in [3.05, 3.63) is 52.3 Å². The number of piperidine rings is 1. The molecule has 0 atom stereocenters. The molecule has 142 valence electrons. The number of benzene rings is 1. The highest BCUT2D eigenvalue weighted by molar-refractivity contribution is 5.79. The number of carbonyl (C=O) groups excluding carboxylic acids is 1. The Hall–Kier alpha value is -2.43. The number of aromatic nitrogens is 2. The minimum atomic E-state index is -0.0415. The average Bonchev–Trinajstić information content (AvgIpc) is 2.64. The SMILES string of the molecule is Cc1cc(=O)n(CC2CCN(C(=O)C3CCC3)CC2)nc1-c1ccccc1. The second kappa shape index (κ2) is 7.67. The van der Waals surface area contributed by atoms with Gasteiger partial charge in [0.15, 0.2) is 0 Å². The van der Waals surface area contributed by atoms with Crippen LogP contribution >= 0.6 is 0 Å². The van der Waals surface area contributed by atoms with Gasteiger partial charge in [0.1, 0.15) is 0 Å². The Kier molecular flexibility index (Phi) is 5.10. The number of rotatable bonds is 4. The van der Waals surface area contributed by atoms with E-state index in [0.29, 0.717) is 18.4 Å². The molecule has 1 aliphatic carbocycles. The highest BCUT2D eigenvalue weighted by Crippen LogP contribution is 2.30. The molecular weight excluding hydrogens is 338 g/mol. The van der Waals surface area contributed by atoms with Gasteiger partial charge in [0.05, 0.1) is 5.69 Å². The predicted molar refractivity (Wildman–Crippen MR) is 105 cm³/mol. The summed E-state index contributed by atoms with van der Waals surface area (Å²) < 4.78 is 1.61. The molecule has 1 amide bonds. The lowest BCUT2D eigenvalue weighted by Gasteiger charge is -2.36. The summed E-state index contributed by atoms with van der Waals surface area (Å²) in [5.41, 5.74) is 2.76. The minimum Gasteiger partial charge on any atom is -0.342 e. The zero-order valence-corrected chi connectivity index (χ0v) is 15.9. The third-order valence-electron chi connectivity index (χ3n) is 6.05. The summed E-state index contributed by atoms with van der Waals surface area (Å²) in [6.45, 7) is 4.19. The van der Waals surface area contributed by atoms with Crippen LogP contribution in [0.4, 0.5) is 0 Å². The van der Waals surface area contributed by atoms with Crippen LogP contribution in [0.5, 0.6) is 0 Å². The van der Waals surface area contributed by atoms with Crippen LogP contribution in [0.1, 0.15) is 37.7 Å². The average molecular weight is 365 g/mol. The van der Waals surface area contributed by atoms with E-state index < -0.39 is 0 Å². The summed E-state index contributed by atoms with van der Waals surface area (Å²) >= 11 is 0. The third kappa shape index (κ3) is 3.82. The molecule has 5 heteroatoms. The van der Waals surface area contributed by atoms with Gasteiger partial charge in [-0.25, -0.2) is 4.68 Å². The van der Waals surface area contributed by atoms with E-state index in [2.05, 4.69) is 5.10 Å². The predicted octanol–water partition coefficient (Wildman–Crippen LogP) is 3.26. The summed E-state index contributed by atoms with van der Waals surface area (Å²) in [5.74, 6) is 1.01. The second-order valence-corrected chi connectivity index (χ2v) is 7.96. The molecule has 0 N–H and O–H groups in total. The normalized spacial score (nSPS) is 18.3. The van der Waals surface area contributed by atoms with Crippen molar-refractivity contribution in [2.75, 3.05) is 13.1 Å². The van der Waals surface area contributed by atoms with Gasteiger partial charge in [0.25, 0.3) is 5.56 Å². The van der Waals surface area contributed by atoms with Crippen LogP contribution < -0.4 is 5.56 Å². The van der Waals surface area contributed by atoms with Crippen LogP contribution in [0.15, 0.2) is 41.2 Å². The van der Waals surface area contributed by atoms with Crippen molar-refractivity contribution in [1.82, 2.24) is 14.7 Å². The Labute approximate surface area is 160 Å². The molecule has 0 radical (unpaired) electrons. The molecule has 1 aliphatic heterocycles. The molecule has 1 saturated carbocycles. The number of hydrogen-bond donors (Lipinski definition) is 0. The van der Waals surface area contributed by atoms with E-state index in [-0.39, 0.29) is 11.5 Å². The molecular formula is C22H27N3O2. The van der Waals surface area contributed by atoms with Crippen molar-refractivity contribution in [3.63, 3.8) is 0 Å². The Morgan fingerprint density at radius 1 is 1.11 bits per heavy atom. The van der Waals surface area contributed by atoms with Crippen LogP contribution in [0.3, 0.4) is 0 Å². The number of hydrogen-bond acceptors (Lipinski definition) is 3. The summed E-state index contributed by atoms with van der Waals surface area (Å²) in [4.78, 5) is 26.9. The van der Waals surface area contributed by atoms with E-state index in [1.165, 1.54) is 6.42 Å². The molecule has 2 fully saturated rings. The second-order valence-electron chi connectivity index (χ2n) is 7.96. The molecule has 27 heavy (non-hydrogen) atoms. The molecule has 1 aromatic heterocycles. The maximum atomic E-state index is 12.4. The third-order valence-corrected chi connectivity index (χ3v) is 6.05. The quantitative estimate of drug-likeness (QED) is 0.836. The number of nitrogens with zero attached hydrogens (tertiary/aromatic N) is 3. The number of carbonyl (C=O) groups is 1. The molecule has 2 heterocycles. The summed E-state index contributed by atoms with van der Waals surface area (Å²) in [6.07, 6.45) is 5.20. The summed E-state index contributed by atoms with van der Waals surface area (Å²) in [6, 6.07) is 11.7. The fraction of sp³-hybridized carbons (Fsp3) is 0.500. The maximum absolute atomic E-state index is 12.4. The smallest absolute Gasteiger partial charge is 0.267 e. The molecule has 1 aromatic carbocycles. The van der Waals surface area contributed by atoms with Gasteiger partial charge in [-0.1, -0.05) is 36.8 Å². The molecule has 4 rings (SSSR count). The fourth-order valence-corrected chi connectivity index (χ4v) is 4.08. The summed E-state index contributed by atoms with van der Waals surface area (Å²) in [7, 11) is 0. The largest absolute Gasteiger partial charge is 0.342 e. The lowest BCUT2D eigenvalue weighted by molar-refractivity contribution is -0.139. The van der Waals surface area contributed by atoms with Gasteiger partial charge >= 0.3 is 0 Å². The lowest BCUT2D eigenvalue weighted by atomic mass is 9.83. The van der Waals surface area contributed by atoms with Crippen molar-refractivity contribution in [3.8, 4) is 11.3 Å². The fourth-order valence-electron chi connectivity index (χ4n) is 4.08. The van der Waals surface area contributed by atoms with Crippen molar-refractivity contribution in [2.45, 2.75) is 45.6 Å². The monoisotopic (exact) mass is 365 g/mol. The number of amides is 1. The highest BCUT2D eigenvalue weighted by atomic mass is 16.2. The topological polar surface area (TPSA) is 55.2 Å². The van der Waals surface area contributed by atoms with E-state index >= 15 is 0 Å². The van der Waals surface area contributed by atoms with Gasteiger partial charge in [-0.15, -0.1) is 0 Å². The van der Waals surface area contributed by atoms with Gasteiger partial charge < -0.3 is 4.90 Å². The Morgan fingerprint density at radius 3 is 2.44 bits per heavy atom. The first-order chi connectivity index (χ1) is 13.1. The highest BCUT2D eigenvalue weighted by Gasteiger charge is 2.31. The van der Waals surface area contributed by atoms with E-state index in [4.69, 9.17) is 0 Å². The van der Waals surface area contributed by atoms with E-state index in [0.717, 1.165) is 55.6 Å². The lowest BCUT2D eigenvalue weighted by Crippen LogP contribution is -2.44. The molecule has 2 aliphatic rings. The Morgan fingerprint density at radius 2 is 1.81 bits per heavy atom. The molecule has 5 nitrogen and oxygen atoms in total. The van der Waals surface area contributed by atoms with Crippen LogP contribution in [0.25, 0.3) is 11.3 Å². The number of likely N-dealkylation sites (tertiary alicyclic amines) is 1. The van der Waals surface area contributed by atoms with Gasteiger partial charge in [-0.2, -0.15) is 5.10 Å². The van der Waals surface area contributed by atoms with E-state index in [9.17, 15) is 9.59 Å². The maximum Gasteiger partial charge on any atom is 0.267 e. The van der Waals surface area contributed by atoms with Crippen molar-refractivity contribution in [2.24, 2.45) is 11.8 Å². The van der Waals surface area contributed by atoms with Crippen LogP contribution in [-0.2, 0) is 11.3 Å². The minimum absolute atomic E-state index is 0.0415. The molecule has 0 spiro atoms.